The highest BCUT2D eigenvalue weighted by atomic mass is 32.2. The number of aromatic nitrogens is 4. The molecule has 1 aromatic carbocycles. The molecular weight excluding hydrogens is 350 g/mol. The summed E-state index contributed by atoms with van der Waals surface area (Å²) in [6.45, 7) is 3.96. The van der Waals surface area contributed by atoms with Crippen molar-refractivity contribution in [3.8, 4) is 0 Å². The molecule has 0 amide bonds. The SMILES string of the molecule is Cc1ccc2c(ncc3ncn([C@H](C)c4ccc(S(N)(=O)=O)cc4)c32)n1. The fraction of sp³-hybridized carbons (Fsp3) is 0.167. The maximum Gasteiger partial charge on any atom is 0.238 e. The molecule has 8 heteroatoms. The molecule has 132 valence electrons. The monoisotopic (exact) mass is 367 g/mol. The third kappa shape index (κ3) is 2.73. The maximum atomic E-state index is 11.4. The lowest BCUT2D eigenvalue weighted by Gasteiger charge is -2.16. The van der Waals surface area contributed by atoms with Crippen molar-refractivity contribution in [1.82, 2.24) is 19.5 Å². The van der Waals surface area contributed by atoms with Crippen LogP contribution in [0, 0.1) is 6.92 Å². The third-order valence-electron chi connectivity index (χ3n) is 4.51. The van der Waals surface area contributed by atoms with Gasteiger partial charge in [0.25, 0.3) is 0 Å². The molecular formula is C18H17N5O2S. The zero-order valence-electron chi connectivity index (χ0n) is 14.3. The molecule has 0 spiro atoms. The fourth-order valence-corrected chi connectivity index (χ4v) is 3.60. The van der Waals surface area contributed by atoms with Crippen LogP contribution in [0.4, 0.5) is 0 Å². The fourth-order valence-electron chi connectivity index (χ4n) is 3.09. The van der Waals surface area contributed by atoms with Crippen molar-refractivity contribution >= 4 is 32.1 Å². The van der Waals surface area contributed by atoms with Gasteiger partial charge >= 0.3 is 0 Å². The second-order valence-electron chi connectivity index (χ2n) is 6.26. The van der Waals surface area contributed by atoms with E-state index in [1.807, 2.05) is 30.5 Å². The molecule has 0 radical (unpaired) electrons. The molecule has 3 heterocycles. The van der Waals surface area contributed by atoms with Crippen molar-refractivity contribution in [2.75, 3.05) is 0 Å². The first-order valence-electron chi connectivity index (χ1n) is 8.06. The zero-order valence-corrected chi connectivity index (χ0v) is 15.1. The van der Waals surface area contributed by atoms with Gasteiger partial charge in [0.2, 0.25) is 10.0 Å². The molecule has 2 N–H and O–H groups in total. The lowest BCUT2D eigenvalue weighted by molar-refractivity contribution is 0.597. The largest absolute Gasteiger partial charge is 0.323 e. The normalized spacial score (nSPS) is 13.3. The van der Waals surface area contributed by atoms with Crippen molar-refractivity contribution < 1.29 is 8.42 Å². The van der Waals surface area contributed by atoms with Crippen LogP contribution >= 0.6 is 0 Å². The standard InChI is InChI=1S/C18H17N5O2S/c1-11-3-8-15-17-16(9-20-18(15)22-11)21-10-23(17)12(2)13-4-6-14(7-5-13)26(19,24)25/h3-10,12H,1-2H3,(H2,19,24,25)/t12-/m1/s1. The van der Waals surface area contributed by atoms with Crippen molar-refractivity contribution in [3.05, 3.63) is 60.2 Å². The third-order valence-corrected chi connectivity index (χ3v) is 5.44. The van der Waals surface area contributed by atoms with Gasteiger partial charge in [-0.05, 0) is 43.7 Å². The molecule has 26 heavy (non-hydrogen) atoms. The van der Waals surface area contributed by atoms with Gasteiger partial charge in [-0.2, -0.15) is 0 Å². The Balaban J connectivity index is 1.86. The molecule has 0 aliphatic carbocycles. The highest BCUT2D eigenvalue weighted by Crippen LogP contribution is 2.28. The number of sulfonamides is 1. The molecule has 0 aliphatic rings. The van der Waals surface area contributed by atoms with Crippen LogP contribution in [-0.2, 0) is 10.0 Å². The van der Waals surface area contributed by atoms with Gasteiger partial charge in [-0.3, -0.25) is 0 Å². The van der Waals surface area contributed by atoms with Crippen LogP contribution in [0.5, 0.6) is 0 Å². The van der Waals surface area contributed by atoms with Crippen LogP contribution in [0.15, 0.2) is 53.8 Å². The van der Waals surface area contributed by atoms with E-state index >= 15 is 0 Å². The van der Waals surface area contributed by atoms with Crippen molar-refractivity contribution in [2.45, 2.75) is 24.8 Å². The molecule has 0 bridgehead atoms. The molecule has 4 aromatic rings. The van der Waals surface area contributed by atoms with Crippen molar-refractivity contribution in [2.24, 2.45) is 5.14 Å². The Morgan fingerprint density at radius 2 is 1.81 bits per heavy atom. The molecule has 0 aliphatic heterocycles. The summed E-state index contributed by atoms with van der Waals surface area (Å²) in [7, 11) is -3.70. The molecule has 7 nitrogen and oxygen atoms in total. The number of imidazole rings is 1. The summed E-state index contributed by atoms with van der Waals surface area (Å²) in [5.41, 5.74) is 4.27. The zero-order chi connectivity index (χ0) is 18.5. The second-order valence-corrected chi connectivity index (χ2v) is 7.82. The Morgan fingerprint density at radius 1 is 1.08 bits per heavy atom. The first-order valence-corrected chi connectivity index (χ1v) is 9.61. The van der Waals surface area contributed by atoms with E-state index in [1.165, 1.54) is 12.1 Å². The number of hydrogen-bond donors (Lipinski definition) is 1. The van der Waals surface area contributed by atoms with Gasteiger partial charge in [0.15, 0.2) is 5.65 Å². The highest BCUT2D eigenvalue weighted by Gasteiger charge is 2.16. The number of nitrogens with two attached hydrogens (primary N) is 1. The summed E-state index contributed by atoms with van der Waals surface area (Å²) < 4.78 is 24.9. The van der Waals surface area contributed by atoms with E-state index in [0.717, 1.165) is 27.7 Å². The molecule has 0 unspecified atom stereocenters. The predicted molar refractivity (Wildman–Crippen MR) is 99.2 cm³/mol. The van der Waals surface area contributed by atoms with Gasteiger partial charge in [-0.25, -0.2) is 28.5 Å². The number of fused-ring (bicyclic) bond motifs is 3. The van der Waals surface area contributed by atoms with Crippen molar-refractivity contribution in [3.63, 3.8) is 0 Å². The molecule has 0 fully saturated rings. The van der Waals surface area contributed by atoms with Gasteiger partial charge in [-0.15, -0.1) is 0 Å². The quantitative estimate of drug-likeness (QED) is 0.599. The van der Waals surface area contributed by atoms with Gasteiger partial charge < -0.3 is 4.57 Å². The minimum Gasteiger partial charge on any atom is -0.323 e. The minimum atomic E-state index is -3.70. The Hall–Kier alpha value is -2.84. The Morgan fingerprint density at radius 3 is 2.50 bits per heavy atom. The smallest absolute Gasteiger partial charge is 0.238 e. The van der Waals surface area contributed by atoms with Gasteiger partial charge in [-0.1, -0.05) is 12.1 Å². The van der Waals surface area contributed by atoms with Crippen LogP contribution in [-0.4, -0.2) is 27.9 Å². The number of primary sulfonamides is 1. The Bertz CT molecular complexity index is 1230. The number of aryl methyl sites for hydroxylation is 1. The number of hydrogen-bond acceptors (Lipinski definition) is 5. The summed E-state index contributed by atoms with van der Waals surface area (Å²) in [5.74, 6) is 0. The first kappa shape index (κ1) is 16.6. The maximum absolute atomic E-state index is 11.4. The van der Waals surface area contributed by atoms with Crippen LogP contribution in [0.1, 0.15) is 24.2 Å². The van der Waals surface area contributed by atoms with E-state index in [9.17, 15) is 8.42 Å². The predicted octanol–water partition coefficient (Wildman–Crippen LogP) is 2.54. The van der Waals surface area contributed by atoms with Crippen molar-refractivity contribution in [1.29, 1.82) is 0 Å². The lowest BCUT2D eigenvalue weighted by atomic mass is 10.1. The summed E-state index contributed by atoms with van der Waals surface area (Å²) in [4.78, 5) is 13.4. The summed E-state index contributed by atoms with van der Waals surface area (Å²) in [6, 6.07) is 10.5. The number of benzene rings is 1. The van der Waals surface area contributed by atoms with Gasteiger partial charge in [0.05, 0.1) is 29.0 Å². The van der Waals surface area contributed by atoms with Gasteiger partial charge in [0, 0.05) is 11.1 Å². The second kappa shape index (κ2) is 5.86. The van der Waals surface area contributed by atoms with Crippen LogP contribution in [0.3, 0.4) is 0 Å². The Labute approximate surface area is 150 Å². The van der Waals surface area contributed by atoms with Crippen LogP contribution < -0.4 is 5.14 Å². The minimum absolute atomic E-state index is 0.0542. The van der Waals surface area contributed by atoms with E-state index in [2.05, 4.69) is 15.0 Å². The highest BCUT2D eigenvalue weighted by molar-refractivity contribution is 7.89. The number of nitrogens with zero attached hydrogens (tertiary/aromatic N) is 4. The Kier molecular flexibility index (Phi) is 3.74. The average Bonchev–Trinajstić information content (AvgIpc) is 3.04. The van der Waals surface area contributed by atoms with Gasteiger partial charge in [0.1, 0.15) is 5.52 Å². The van der Waals surface area contributed by atoms with Crippen LogP contribution in [0.2, 0.25) is 0 Å². The van der Waals surface area contributed by atoms with E-state index < -0.39 is 10.0 Å². The summed E-state index contributed by atoms with van der Waals surface area (Å²) >= 11 is 0. The topological polar surface area (TPSA) is 104 Å². The molecule has 1 atom stereocenters. The number of rotatable bonds is 3. The van der Waals surface area contributed by atoms with E-state index in [4.69, 9.17) is 5.14 Å². The lowest BCUT2D eigenvalue weighted by Crippen LogP contribution is -2.12. The van der Waals surface area contributed by atoms with Crippen LogP contribution in [0.25, 0.3) is 22.1 Å². The molecule has 0 saturated carbocycles. The summed E-state index contributed by atoms with van der Waals surface area (Å²) in [5, 5.41) is 6.10. The molecule has 3 aromatic heterocycles. The van der Waals surface area contributed by atoms with E-state index in [0.29, 0.717) is 5.65 Å². The number of pyridine rings is 2. The average molecular weight is 367 g/mol. The first-order chi connectivity index (χ1) is 12.3. The molecule has 0 saturated heterocycles. The summed E-state index contributed by atoms with van der Waals surface area (Å²) in [6.07, 6.45) is 3.49. The van der Waals surface area contributed by atoms with E-state index in [-0.39, 0.29) is 10.9 Å². The molecule has 4 rings (SSSR count). The van der Waals surface area contributed by atoms with E-state index in [1.54, 1.807) is 24.7 Å².